The summed E-state index contributed by atoms with van der Waals surface area (Å²) in [4.78, 5) is 38.8. The maximum Gasteiger partial charge on any atom is 0.261 e. The first kappa shape index (κ1) is 17.3. The van der Waals surface area contributed by atoms with Crippen LogP contribution in [0.25, 0.3) is 0 Å². The SMILES string of the molecule is COc1ccc(CN2C(=O)c3ccccc3C2=O)cc1C(=O)NCC1CC1. The molecule has 0 atom stereocenters. The largest absolute Gasteiger partial charge is 0.496 e. The molecule has 1 aliphatic heterocycles. The van der Waals surface area contributed by atoms with Gasteiger partial charge < -0.3 is 10.1 Å². The van der Waals surface area contributed by atoms with Crippen molar-refractivity contribution in [3.8, 4) is 5.75 Å². The van der Waals surface area contributed by atoms with Crippen LogP contribution in [0.15, 0.2) is 42.5 Å². The van der Waals surface area contributed by atoms with Crippen molar-refractivity contribution in [2.45, 2.75) is 19.4 Å². The highest BCUT2D eigenvalue weighted by Crippen LogP contribution is 2.29. The topological polar surface area (TPSA) is 75.7 Å². The number of nitrogens with one attached hydrogen (secondary N) is 1. The predicted molar refractivity (Wildman–Crippen MR) is 98.7 cm³/mol. The van der Waals surface area contributed by atoms with Gasteiger partial charge in [-0.25, -0.2) is 0 Å². The molecule has 1 heterocycles. The molecule has 6 heteroatoms. The number of rotatable bonds is 6. The van der Waals surface area contributed by atoms with E-state index in [1.807, 2.05) is 0 Å². The van der Waals surface area contributed by atoms with Crippen LogP contribution in [-0.2, 0) is 6.54 Å². The van der Waals surface area contributed by atoms with Crippen molar-refractivity contribution in [3.05, 3.63) is 64.7 Å². The minimum atomic E-state index is -0.314. The first-order valence-corrected chi connectivity index (χ1v) is 8.99. The van der Waals surface area contributed by atoms with E-state index < -0.39 is 0 Å². The van der Waals surface area contributed by atoms with Gasteiger partial charge in [0.15, 0.2) is 0 Å². The molecule has 2 aliphatic rings. The molecule has 1 aliphatic carbocycles. The van der Waals surface area contributed by atoms with Gasteiger partial charge in [-0.3, -0.25) is 19.3 Å². The third-order valence-corrected chi connectivity index (χ3v) is 4.98. The van der Waals surface area contributed by atoms with Gasteiger partial charge in [0.2, 0.25) is 0 Å². The Kier molecular flexibility index (Phi) is 4.39. The van der Waals surface area contributed by atoms with Gasteiger partial charge in [0, 0.05) is 6.54 Å². The number of benzene rings is 2. The zero-order valence-corrected chi connectivity index (χ0v) is 15.0. The lowest BCUT2D eigenvalue weighted by Gasteiger charge is -2.16. The third kappa shape index (κ3) is 3.30. The predicted octanol–water partition coefficient (Wildman–Crippen LogP) is 2.63. The van der Waals surface area contributed by atoms with Gasteiger partial charge in [-0.2, -0.15) is 0 Å². The van der Waals surface area contributed by atoms with Crippen LogP contribution in [0.3, 0.4) is 0 Å². The Hall–Kier alpha value is -3.15. The number of carbonyl (C=O) groups excluding carboxylic acids is 3. The van der Waals surface area contributed by atoms with E-state index in [2.05, 4.69) is 5.32 Å². The molecule has 4 rings (SSSR count). The van der Waals surface area contributed by atoms with Gasteiger partial charge in [0.05, 0.1) is 30.3 Å². The van der Waals surface area contributed by atoms with Crippen LogP contribution >= 0.6 is 0 Å². The monoisotopic (exact) mass is 364 g/mol. The zero-order chi connectivity index (χ0) is 19.0. The molecule has 1 fully saturated rings. The second-order valence-electron chi connectivity index (χ2n) is 6.93. The molecule has 1 saturated carbocycles. The van der Waals surface area contributed by atoms with Gasteiger partial charge in [-0.15, -0.1) is 0 Å². The fourth-order valence-corrected chi connectivity index (χ4v) is 3.25. The Balaban J connectivity index is 1.56. The van der Waals surface area contributed by atoms with Crippen LogP contribution in [0.1, 0.15) is 49.5 Å². The van der Waals surface area contributed by atoms with Gasteiger partial charge in [-0.05, 0) is 48.6 Å². The number of hydrogen-bond acceptors (Lipinski definition) is 4. The molecule has 2 aromatic carbocycles. The molecular weight excluding hydrogens is 344 g/mol. The van der Waals surface area contributed by atoms with Gasteiger partial charge in [-0.1, -0.05) is 18.2 Å². The van der Waals surface area contributed by atoms with Crippen LogP contribution in [0.5, 0.6) is 5.75 Å². The second-order valence-corrected chi connectivity index (χ2v) is 6.93. The van der Waals surface area contributed by atoms with Crippen LogP contribution in [-0.4, -0.2) is 36.3 Å². The summed E-state index contributed by atoms with van der Waals surface area (Å²) in [5, 5.41) is 2.92. The fourth-order valence-electron chi connectivity index (χ4n) is 3.25. The number of fused-ring (bicyclic) bond motifs is 1. The minimum absolute atomic E-state index is 0.110. The maximum absolute atomic E-state index is 12.5. The van der Waals surface area contributed by atoms with Gasteiger partial charge in [0.25, 0.3) is 17.7 Å². The fraction of sp³-hybridized carbons (Fsp3) is 0.286. The van der Waals surface area contributed by atoms with Crippen molar-refractivity contribution in [3.63, 3.8) is 0 Å². The van der Waals surface area contributed by atoms with E-state index >= 15 is 0 Å². The summed E-state index contributed by atoms with van der Waals surface area (Å²) >= 11 is 0. The summed E-state index contributed by atoms with van der Waals surface area (Å²) in [7, 11) is 1.51. The molecule has 27 heavy (non-hydrogen) atoms. The van der Waals surface area contributed by atoms with Crippen LogP contribution in [0.2, 0.25) is 0 Å². The molecule has 1 N–H and O–H groups in total. The molecule has 138 valence electrons. The number of carbonyl (C=O) groups is 3. The number of amides is 3. The number of ether oxygens (including phenoxy) is 1. The minimum Gasteiger partial charge on any atom is -0.496 e. The van der Waals surface area contributed by atoms with E-state index in [0.717, 1.165) is 12.8 Å². The summed E-state index contributed by atoms with van der Waals surface area (Å²) in [6, 6.07) is 11.9. The smallest absolute Gasteiger partial charge is 0.261 e. The van der Waals surface area contributed by atoms with E-state index in [-0.39, 0.29) is 24.3 Å². The van der Waals surface area contributed by atoms with E-state index in [1.54, 1.807) is 42.5 Å². The molecule has 0 aromatic heterocycles. The van der Waals surface area contributed by atoms with Crippen molar-refractivity contribution in [2.75, 3.05) is 13.7 Å². The van der Waals surface area contributed by atoms with Crippen LogP contribution < -0.4 is 10.1 Å². The quantitative estimate of drug-likeness (QED) is 0.800. The van der Waals surface area contributed by atoms with Crippen molar-refractivity contribution < 1.29 is 19.1 Å². The average Bonchev–Trinajstić information content (AvgIpc) is 3.50. The highest BCUT2D eigenvalue weighted by atomic mass is 16.5. The van der Waals surface area contributed by atoms with Gasteiger partial charge >= 0.3 is 0 Å². The standard InChI is InChI=1S/C21H20N2O4/c1-27-18-9-8-14(10-17(18)19(24)22-11-13-6-7-13)12-23-20(25)15-4-2-3-5-16(15)21(23)26/h2-5,8-10,13H,6-7,11-12H2,1H3,(H,22,24). The Morgan fingerprint density at radius 3 is 2.37 bits per heavy atom. The first-order chi connectivity index (χ1) is 13.1. The molecule has 0 spiro atoms. The summed E-state index contributed by atoms with van der Waals surface area (Å²) in [5.74, 6) is 0.205. The average molecular weight is 364 g/mol. The van der Waals surface area contributed by atoms with Crippen molar-refractivity contribution in [2.24, 2.45) is 5.92 Å². The van der Waals surface area contributed by atoms with Crippen molar-refractivity contribution >= 4 is 17.7 Å². The number of imide groups is 1. The number of hydrogen-bond donors (Lipinski definition) is 1. The Morgan fingerprint density at radius 2 is 1.78 bits per heavy atom. The third-order valence-electron chi connectivity index (χ3n) is 4.98. The van der Waals surface area contributed by atoms with Gasteiger partial charge in [0.1, 0.15) is 5.75 Å². The molecule has 2 aromatic rings. The zero-order valence-electron chi connectivity index (χ0n) is 15.0. The van der Waals surface area contributed by atoms with E-state index in [4.69, 9.17) is 4.74 Å². The lowest BCUT2D eigenvalue weighted by Crippen LogP contribution is -2.29. The number of methoxy groups -OCH3 is 1. The molecule has 0 radical (unpaired) electrons. The van der Waals surface area contributed by atoms with Crippen LogP contribution in [0.4, 0.5) is 0 Å². The highest BCUT2D eigenvalue weighted by Gasteiger charge is 2.35. The summed E-state index contributed by atoms with van der Waals surface area (Å²) in [5.41, 5.74) is 1.94. The molecule has 6 nitrogen and oxygen atoms in total. The first-order valence-electron chi connectivity index (χ1n) is 8.99. The van der Waals surface area contributed by atoms with E-state index in [0.29, 0.717) is 40.5 Å². The summed E-state index contributed by atoms with van der Waals surface area (Å²) in [6.07, 6.45) is 2.30. The Labute approximate surface area is 157 Å². The number of nitrogens with zero attached hydrogens (tertiary/aromatic N) is 1. The van der Waals surface area contributed by atoms with E-state index in [1.165, 1.54) is 12.0 Å². The lowest BCUT2D eigenvalue weighted by atomic mass is 10.1. The molecule has 3 amide bonds. The second kappa shape index (κ2) is 6.87. The summed E-state index contributed by atoms with van der Waals surface area (Å²) in [6.45, 7) is 0.768. The van der Waals surface area contributed by atoms with Crippen molar-refractivity contribution in [1.82, 2.24) is 10.2 Å². The Bertz CT molecular complexity index is 899. The normalized spacial score (nSPS) is 15.7. The maximum atomic E-state index is 12.5. The Morgan fingerprint density at radius 1 is 1.11 bits per heavy atom. The van der Waals surface area contributed by atoms with Crippen molar-refractivity contribution in [1.29, 1.82) is 0 Å². The summed E-state index contributed by atoms with van der Waals surface area (Å²) < 4.78 is 5.30. The van der Waals surface area contributed by atoms with Crippen LogP contribution in [0, 0.1) is 5.92 Å². The molecular formula is C21H20N2O4. The molecule has 0 unspecified atom stereocenters. The highest BCUT2D eigenvalue weighted by molar-refractivity contribution is 6.21. The lowest BCUT2D eigenvalue weighted by molar-refractivity contribution is 0.0642. The molecule has 0 bridgehead atoms. The molecule has 0 saturated heterocycles. The van der Waals surface area contributed by atoms with E-state index in [9.17, 15) is 14.4 Å².